The van der Waals surface area contributed by atoms with Crippen molar-refractivity contribution < 1.29 is 4.79 Å². The molecule has 0 unspecified atom stereocenters. The van der Waals surface area contributed by atoms with E-state index in [2.05, 4.69) is 10.4 Å². The summed E-state index contributed by atoms with van der Waals surface area (Å²) in [6.45, 7) is 3.54. The molecule has 0 saturated carbocycles. The van der Waals surface area contributed by atoms with Crippen LogP contribution < -0.4 is 10.9 Å². The Morgan fingerprint density at radius 2 is 2.00 bits per heavy atom. The molecule has 1 heterocycles. The summed E-state index contributed by atoms with van der Waals surface area (Å²) in [4.78, 5) is 24.0. The maximum atomic E-state index is 12.1. The van der Waals surface area contributed by atoms with Gasteiger partial charge in [-0.05, 0) is 25.0 Å². The third-order valence-electron chi connectivity index (χ3n) is 3.37. The van der Waals surface area contributed by atoms with E-state index in [0.717, 1.165) is 10.2 Å². The summed E-state index contributed by atoms with van der Waals surface area (Å²) >= 11 is 0. The minimum atomic E-state index is -0.541. The fourth-order valence-electron chi connectivity index (χ4n) is 2.00. The quantitative estimate of drug-likeness (QED) is 0.913. The zero-order valence-electron chi connectivity index (χ0n) is 12.5. The molecule has 0 aliphatic carbocycles. The van der Waals surface area contributed by atoms with Gasteiger partial charge in [-0.1, -0.05) is 30.3 Å². The zero-order chi connectivity index (χ0) is 16.1. The number of aryl methyl sites for hydroxylation is 1. The van der Waals surface area contributed by atoms with Crippen LogP contribution in [0.5, 0.6) is 0 Å². The number of nitriles is 1. The molecule has 1 aromatic carbocycles. The molecule has 0 saturated heterocycles. The molecular weight excluding hydrogens is 280 g/mol. The average molecular weight is 296 g/mol. The highest BCUT2D eigenvalue weighted by Gasteiger charge is 2.13. The van der Waals surface area contributed by atoms with Crippen molar-refractivity contribution in [3.8, 4) is 6.07 Å². The first-order chi connectivity index (χ1) is 10.5. The Kier molecular flexibility index (Phi) is 4.69. The molecule has 0 fully saturated rings. The molecule has 6 nitrogen and oxygen atoms in total. The highest BCUT2D eigenvalue weighted by Crippen LogP contribution is 2.04. The predicted octanol–water partition coefficient (Wildman–Crippen LogP) is 1.05. The van der Waals surface area contributed by atoms with Crippen molar-refractivity contribution in [2.45, 2.75) is 26.9 Å². The zero-order valence-corrected chi connectivity index (χ0v) is 12.5. The minimum Gasteiger partial charge on any atom is -0.350 e. The highest BCUT2D eigenvalue weighted by molar-refractivity contribution is 5.75. The maximum Gasteiger partial charge on any atom is 0.285 e. The standard InChI is InChI=1S/C16H16N4O2/c1-11-12(2)19-20(16(22)14(11)8-17)10-15(21)18-9-13-6-4-3-5-7-13/h3-7H,9-10H2,1-2H3,(H,18,21). The molecule has 22 heavy (non-hydrogen) atoms. The summed E-state index contributed by atoms with van der Waals surface area (Å²) in [5.41, 5.74) is 1.57. The van der Waals surface area contributed by atoms with Crippen molar-refractivity contribution in [1.82, 2.24) is 15.1 Å². The van der Waals surface area contributed by atoms with Crippen LogP contribution in [0.4, 0.5) is 0 Å². The lowest BCUT2D eigenvalue weighted by Gasteiger charge is -2.09. The van der Waals surface area contributed by atoms with E-state index in [1.807, 2.05) is 36.4 Å². The number of carbonyl (C=O) groups excluding carboxylic acids is 1. The number of carbonyl (C=O) groups is 1. The normalized spacial score (nSPS) is 10.0. The summed E-state index contributed by atoms with van der Waals surface area (Å²) in [6.07, 6.45) is 0. The van der Waals surface area contributed by atoms with E-state index in [-0.39, 0.29) is 18.0 Å². The summed E-state index contributed by atoms with van der Waals surface area (Å²) in [5, 5.41) is 15.8. The first-order valence-corrected chi connectivity index (χ1v) is 6.82. The van der Waals surface area contributed by atoms with Crippen LogP contribution in [0.3, 0.4) is 0 Å². The Labute approximate surface area is 128 Å². The van der Waals surface area contributed by atoms with Gasteiger partial charge in [0.15, 0.2) is 0 Å². The second kappa shape index (κ2) is 6.68. The molecule has 2 aromatic rings. The van der Waals surface area contributed by atoms with Crippen LogP contribution in [-0.4, -0.2) is 15.7 Å². The lowest BCUT2D eigenvalue weighted by Crippen LogP contribution is -2.35. The smallest absolute Gasteiger partial charge is 0.285 e. The van der Waals surface area contributed by atoms with Crippen LogP contribution in [0.15, 0.2) is 35.1 Å². The highest BCUT2D eigenvalue weighted by atomic mass is 16.2. The van der Waals surface area contributed by atoms with Gasteiger partial charge in [0, 0.05) is 6.54 Å². The molecule has 0 bridgehead atoms. The van der Waals surface area contributed by atoms with Crippen molar-refractivity contribution in [3.05, 3.63) is 63.1 Å². The largest absolute Gasteiger partial charge is 0.350 e. The fraction of sp³-hybridized carbons (Fsp3) is 0.250. The molecule has 1 aromatic heterocycles. The predicted molar refractivity (Wildman–Crippen MR) is 81.0 cm³/mol. The molecule has 6 heteroatoms. The summed E-state index contributed by atoms with van der Waals surface area (Å²) in [6, 6.07) is 11.3. The van der Waals surface area contributed by atoms with Crippen LogP contribution in [0.2, 0.25) is 0 Å². The molecule has 112 valence electrons. The van der Waals surface area contributed by atoms with Crippen LogP contribution >= 0.6 is 0 Å². The first-order valence-electron chi connectivity index (χ1n) is 6.82. The van der Waals surface area contributed by atoms with Gasteiger partial charge in [0.2, 0.25) is 5.91 Å². The molecule has 0 atom stereocenters. The Bertz CT molecular complexity index is 788. The SMILES string of the molecule is Cc1nn(CC(=O)NCc2ccccc2)c(=O)c(C#N)c1C. The lowest BCUT2D eigenvalue weighted by atomic mass is 10.1. The maximum absolute atomic E-state index is 12.1. The average Bonchev–Trinajstić information content (AvgIpc) is 2.52. The van der Waals surface area contributed by atoms with E-state index >= 15 is 0 Å². The Morgan fingerprint density at radius 3 is 2.64 bits per heavy atom. The second-order valence-electron chi connectivity index (χ2n) is 4.92. The number of rotatable bonds is 4. The molecule has 2 rings (SSSR count). The number of benzene rings is 1. The first kappa shape index (κ1) is 15.4. The van der Waals surface area contributed by atoms with Crippen LogP contribution in [0, 0.1) is 25.2 Å². The number of nitrogens with zero attached hydrogens (tertiary/aromatic N) is 3. The van der Waals surface area contributed by atoms with Gasteiger partial charge in [-0.2, -0.15) is 10.4 Å². The van der Waals surface area contributed by atoms with Crippen molar-refractivity contribution >= 4 is 5.91 Å². The van der Waals surface area contributed by atoms with Gasteiger partial charge in [0.05, 0.1) is 5.69 Å². The summed E-state index contributed by atoms with van der Waals surface area (Å²) in [7, 11) is 0. The monoisotopic (exact) mass is 296 g/mol. The Hall–Kier alpha value is -2.94. The van der Waals surface area contributed by atoms with Gasteiger partial charge in [-0.15, -0.1) is 0 Å². The van der Waals surface area contributed by atoms with Gasteiger partial charge in [0.1, 0.15) is 18.2 Å². The molecular formula is C16H16N4O2. The lowest BCUT2D eigenvalue weighted by molar-refractivity contribution is -0.122. The van der Waals surface area contributed by atoms with Crippen LogP contribution in [0.25, 0.3) is 0 Å². The van der Waals surface area contributed by atoms with E-state index in [1.54, 1.807) is 13.8 Å². The van der Waals surface area contributed by atoms with Crippen LogP contribution in [0.1, 0.15) is 22.4 Å². The van der Waals surface area contributed by atoms with E-state index in [1.165, 1.54) is 0 Å². The molecule has 0 spiro atoms. The molecule has 0 aliphatic rings. The molecule has 1 amide bonds. The van der Waals surface area contributed by atoms with E-state index < -0.39 is 5.56 Å². The molecule has 0 radical (unpaired) electrons. The third kappa shape index (κ3) is 3.38. The summed E-state index contributed by atoms with van der Waals surface area (Å²) in [5.74, 6) is -0.328. The van der Waals surface area contributed by atoms with E-state index in [4.69, 9.17) is 5.26 Å². The minimum absolute atomic E-state index is 0.0309. The fourth-order valence-corrected chi connectivity index (χ4v) is 2.00. The topological polar surface area (TPSA) is 87.8 Å². The molecule has 0 aliphatic heterocycles. The van der Waals surface area contributed by atoms with Gasteiger partial charge in [-0.25, -0.2) is 4.68 Å². The van der Waals surface area contributed by atoms with Crippen molar-refractivity contribution in [1.29, 1.82) is 5.26 Å². The van der Waals surface area contributed by atoms with Gasteiger partial charge in [0.25, 0.3) is 5.56 Å². The van der Waals surface area contributed by atoms with Crippen molar-refractivity contribution in [2.24, 2.45) is 0 Å². The van der Waals surface area contributed by atoms with Crippen LogP contribution in [-0.2, 0) is 17.9 Å². The van der Waals surface area contributed by atoms with Crippen molar-refractivity contribution in [2.75, 3.05) is 0 Å². The number of nitrogens with one attached hydrogen (secondary N) is 1. The number of hydrogen-bond acceptors (Lipinski definition) is 4. The van der Waals surface area contributed by atoms with Gasteiger partial charge >= 0.3 is 0 Å². The van der Waals surface area contributed by atoms with Gasteiger partial charge in [-0.3, -0.25) is 9.59 Å². The van der Waals surface area contributed by atoms with E-state index in [0.29, 0.717) is 17.8 Å². The third-order valence-corrected chi connectivity index (χ3v) is 3.37. The number of hydrogen-bond donors (Lipinski definition) is 1. The molecule has 1 N–H and O–H groups in total. The van der Waals surface area contributed by atoms with Crippen molar-refractivity contribution in [3.63, 3.8) is 0 Å². The number of aromatic nitrogens is 2. The Balaban J connectivity index is 2.11. The van der Waals surface area contributed by atoms with E-state index in [9.17, 15) is 9.59 Å². The summed E-state index contributed by atoms with van der Waals surface area (Å²) < 4.78 is 1.03. The Morgan fingerprint density at radius 1 is 1.32 bits per heavy atom. The second-order valence-corrected chi connectivity index (χ2v) is 4.92. The van der Waals surface area contributed by atoms with Gasteiger partial charge < -0.3 is 5.32 Å². The number of amides is 1.